The van der Waals surface area contributed by atoms with Gasteiger partial charge in [0.1, 0.15) is 0 Å². The highest BCUT2D eigenvalue weighted by atomic mass is 14.9. The molecule has 0 saturated carbocycles. The molecule has 0 unspecified atom stereocenters. The first-order valence-corrected chi connectivity index (χ1v) is 25.1. The van der Waals surface area contributed by atoms with E-state index in [2.05, 4.69) is 269 Å². The molecule has 1 aromatic heterocycles. The molecule has 2 aliphatic carbocycles. The van der Waals surface area contributed by atoms with Crippen molar-refractivity contribution in [3.8, 4) is 78.4 Å². The summed E-state index contributed by atoms with van der Waals surface area (Å²) in [4.78, 5) is 11.1. The van der Waals surface area contributed by atoms with Gasteiger partial charge in [0.05, 0.1) is 16.8 Å². The number of fused-ring (bicyclic) bond motifs is 8. The standard InChI is InChI=1S/C70H48N2/c1-69(2)61-36-20-34-57(66(61)59-41-47-24-12-13-25-48(47)42-62(59)69)58-40-37-45-21-14-15-31-53(45)67(58)65-44-64(71-68(72-65)46-22-6-3-7-23-46)56-33-17-16-30-52(56)49-38-39-55-54-32-18-19-35-60(54)70(63(55)43-49,50-26-8-4-9-27-50)51-28-10-5-11-29-51/h3-44H,1-2H3. The molecule has 12 aromatic rings. The monoisotopic (exact) mass is 916 g/mol. The van der Waals surface area contributed by atoms with Gasteiger partial charge in [-0.3, -0.25) is 0 Å². The highest BCUT2D eigenvalue weighted by Crippen LogP contribution is 2.58. The SMILES string of the molecule is CC1(C)c2cc3ccccc3cc2-c2c(-c3ccc4ccccc4c3-c3cc(-c4ccccc4-c4ccc5c(c4)C(c4ccccc4)(c4ccccc4)c4ccccc4-5)nc(-c4ccccc4)n3)cccc21. The summed E-state index contributed by atoms with van der Waals surface area (Å²) in [6.45, 7) is 4.75. The topological polar surface area (TPSA) is 25.8 Å². The first kappa shape index (κ1) is 41.9. The number of hydrogen-bond acceptors (Lipinski definition) is 2. The van der Waals surface area contributed by atoms with Gasteiger partial charge in [-0.2, -0.15) is 0 Å². The van der Waals surface area contributed by atoms with E-state index in [0.717, 1.165) is 55.5 Å². The first-order chi connectivity index (χ1) is 35.5. The number of aromatic nitrogens is 2. The van der Waals surface area contributed by atoms with E-state index in [1.807, 2.05) is 0 Å². The van der Waals surface area contributed by atoms with E-state index in [0.29, 0.717) is 5.82 Å². The van der Waals surface area contributed by atoms with Crippen molar-refractivity contribution in [1.29, 1.82) is 0 Å². The lowest BCUT2D eigenvalue weighted by Gasteiger charge is -2.34. The van der Waals surface area contributed by atoms with Crippen molar-refractivity contribution in [2.24, 2.45) is 0 Å². The summed E-state index contributed by atoms with van der Waals surface area (Å²) in [5.41, 5.74) is 21.6. The summed E-state index contributed by atoms with van der Waals surface area (Å²) in [5, 5.41) is 4.83. The van der Waals surface area contributed by atoms with Gasteiger partial charge in [0.2, 0.25) is 0 Å². The van der Waals surface area contributed by atoms with Crippen LogP contribution < -0.4 is 0 Å². The first-order valence-electron chi connectivity index (χ1n) is 25.1. The van der Waals surface area contributed by atoms with Gasteiger partial charge in [-0.15, -0.1) is 0 Å². The van der Waals surface area contributed by atoms with Gasteiger partial charge < -0.3 is 0 Å². The van der Waals surface area contributed by atoms with Crippen molar-refractivity contribution in [2.75, 3.05) is 0 Å². The van der Waals surface area contributed by atoms with Gasteiger partial charge in [-0.25, -0.2) is 9.97 Å². The number of hydrogen-bond donors (Lipinski definition) is 0. The third-order valence-corrected chi connectivity index (χ3v) is 15.8. The number of rotatable bonds is 7. The zero-order valence-corrected chi connectivity index (χ0v) is 40.1. The van der Waals surface area contributed by atoms with Gasteiger partial charge in [0.15, 0.2) is 5.82 Å². The molecule has 72 heavy (non-hydrogen) atoms. The van der Waals surface area contributed by atoms with Crippen LogP contribution in [-0.2, 0) is 10.8 Å². The Morgan fingerprint density at radius 1 is 0.292 bits per heavy atom. The smallest absolute Gasteiger partial charge is 0.160 e. The molecule has 2 aliphatic rings. The second kappa shape index (κ2) is 16.3. The molecule has 0 aliphatic heterocycles. The molecule has 2 heteroatoms. The van der Waals surface area contributed by atoms with Crippen molar-refractivity contribution in [3.05, 3.63) is 288 Å². The molecule has 0 amide bonds. The van der Waals surface area contributed by atoms with Crippen molar-refractivity contribution in [1.82, 2.24) is 9.97 Å². The highest BCUT2D eigenvalue weighted by molar-refractivity contribution is 6.08. The third kappa shape index (κ3) is 6.28. The van der Waals surface area contributed by atoms with Crippen LogP contribution in [0.25, 0.3) is 100.0 Å². The summed E-state index contributed by atoms with van der Waals surface area (Å²) in [7, 11) is 0. The van der Waals surface area contributed by atoms with Crippen molar-refractivity contribution < 1.29 is 0 Å². The predicted octanol–water partition coefficient (Wildman–Crippen LogP) is 17.8. The lowest BCUT2D eigenvalue weighted by atomic mass is 9.67. The fourth-order valence-electron chi connectivity index (χ4n) is 12.5. The predicted molar refractivity (Wildman–Crippen MR) is 299 cm³/mol. The van der Waals surface area contributed by atoms with E-state index in [-0.39, 0.29) is 5.41 Å². The summed E-state index contributed by atoms with van der Waals surface area (Å²) in [6, 6.07) is 93.5. The van der Waals surface area contributed by atoms with Gasteiger partial charge in [-0.05, 0) is 124 Å². The minimum Gasteiger partial charge on any atom is -0.228 e. The largest absolute Gasteiger partial charge is 0.228 e. The van der Waals surface area contributed by atoms with Crippen LogP contribution in [0.2, 0.25) is 0 Å². The molecular formula is C70H48N2. The average Bonchev–Trinajstić information content (AvgIpc) is 3.87. The Balaban J connectivity index is 1.01. The van der Waals surface area contributed by atoms with Crippen LogP contribution in [0.3, 0.4) is 0 Å². The molecule has 338 valence electrons. The maximum atomic E-state index is 5.59. The Morgan fingerprint density at radius 2 is 0.833 bits per heavy atom. The molecule has 2 nitrogen and oxygen atoms in total. The summed E-state index contributed by atoms with van der Waals surface area (Å²) in [6.07, 6.45) is 0. The fourth-order valence-corrected chi connectivity index (χ4v) is 12.5. The Hall–Kier alpha value is -8.98. The molecule has 0 N–H and O–H groups in total. The summed E-state index contributed by atoms with van der Waals surface area (Å²) < 4.78 is 0. The average molecular weight is 917 g/mol. The molecule has 0 fully saturated rings. The van der Waals surface area contributed by atoms with Crippen LogP contribution in [0.4, 0.5) is 0 Å². The number of nitrogens with zero attached hydrogens (tertiary/aromatic N) is 2. The van der Waals surface area contributed by atoms with E-state index < -0.39 is 5.41 Å². The zero-order chi connectivity index (χ0) is 48.0. The lowest BCUT2D eigenvalue weighted by Crippen LogP contribution is -2.28. The molecule has 0 spiro atoms. The van der Waals surface area contributed by atoms with Crippen LogP contribution in [0.15, 0.2) is 255 Å². The second-order valence-corrected chi connectivity index (χ2v) is 20.0. The minimum atomic E-state index is -0.521. The van der Waals surface area contributed by atoms with Crippen LogP contribution in [0.5, 0.6) is 0 Å². The van der Waals surface area contributed by atoms with Gasteiger partial charge in [-0.1, -0.05) is 244 Å². The molecule has 0 radical (unpaired) electrons. The van der Waals surface area contributed by atoms with Crippen LogP contribution >= 0.6 is 0 Å². The fraction of sp³-hybridized carbons (Fsp3) is 0.0571. The Labute approximate surface area is 420 Å². The molecule has 0 saturated heterocycles. The molecule has 0 atom stereocenters. The van der Waals surface area contributed by atoms with E-state index in [1.54, 1.807) is 0 Å². The van der Waals surface area contributed by atoms with Crippen LogP contribution in [0.1, 0.15) is 47.2 Å². The summed E-state index contributed by atoms with van der Waals surface area (Å²) in [5.74, 6) is 0.685. The number of benzene rings is 11. The van der Waals surface area contributed by atoms with E-state index in [9.17, 15) is 0 Å². The quantitative estimate of drug-likeness (QED) is 0.159. The van der Waals surface area contributed by atoms with E-state index in [4.69, 9.17) is 9.97 Å². The molecule has 1 heterocycles. The normalized spacial score (nSPS) is 13.6. The lowest BCUT2D eigenvalue weighted by molar-refractivity contribution is 0.661. The second-order valence-electron chi connectivity index (χ2n) is 20.0. The maximum Gasteiger partial charge on any atom is 0.160 e. The Morgan fingerprint density at radius 3 is 1.58 bits per heavy atom. The Bertz CT molecular complexity index is 4070. The van der Waals surface area contributed by atoms with Gasteiger partial charge in [0, 0.05) is 22.1 Å². The molecule has 0 bridgehead atoms. The third-order valence-electron chi connectivity index (χ3n) is 15.8. The summed E-state index contributed by atoms with van der Waals surface area (Å²) >= 11 is 0. The van der Waals surface area contributed by atoms with Crippen molar-refractivity contribution >= 4 is 21.5 Å². The Kier molecular flexibility index (Phi) is 9.50. The van der Waals surface area contributed by atoms with Crippen LogP contribution in [-0.4, -0.2) is 9.97 Å². The van der Waals surface area contributed by atoms with Crippen molar-refractivity contribution in [2.45, 2.75) is 24.7 Å². The van der Waals surface area contributed by atoms with Crippen molar-refractivity contribution in [3.63, 3.8) is 0 Å². The van der Waals surface area contributed by atoms with Crippen LogP contribution in [0, 0.1) is 0 Å². The van der Waals surface area contributed by atoms with Gasteiger partial charge in [0.25, 0.3) is 0 Å². The molecule has 11 aromatic carbocycles. The molecule has 14 rings (SSSR count). The molecular weight excluding hydrogens is 869 g/mol. The van der Waals surface area contributed by atoms with E-state index >= 15 is 0 Å². The maximum absolute atomic E-state index is 5.59. The van der Waals surface area contributed by atoms with Gasteiger partial charge >= 0.3 is 0 Å². The minimum absolute atomic E-state index is 0.184. The highest BCUT2D eigenvalue weighted by Gasteiger charge is 2.46. The van der Waals surface area contributed by atoms with E-state index in [1.165, 1.54) is 72.0 Å². The zero-order valence-electron chi connectivity index (χ0n) is 40.1.